The van der Waals surface area contributed by atoms with Gasteiger partial charge in [0.1, 0.15) is 6.54 Å². The van der Waals surface area contributed by atoms with E-state index in [4.69, 9.17) is 4.74 Å². The molecule has 2 aromatic rings. The highest BCUT2D eigenvalue weighted by molar-refractivity contribution is 8.18. The molecule has 1 fully saturated rings. The highest BCUT2D eigenvalue weighted by Crippen LogP contribution is 2.33. The molecule has 1 aromatic heterocycles. The van der Waals surface area contributed by atoms with Crippen LogP contribution in [-0.4, -0.2) is 53.8 Å². The van der Waals surface area contributed by atoms with Crippen molar-refractivity contribution in [3.63, 3.8) is 0 Å². The van der Waals surface area contributed by atoms with Crippen molar-refractivity contribution in [3.05, 3.63) is 52.2 Å². The lowest BCUT2D eigenvalue weighted by Crippen LogP contribution is -2.34. The normalized spacial score (nSPS) is 15.2. The van der Waals surface area contributed by atoms with Crippen LogP contribution in [0.2, 0.25) is 0 Å². The number of thioether (sulfide) groups is 1. The molecule has 1 aliphatic rings. The van der Waals surface area contributed by atoms with E-state index in [9.17, 15) is 14.4 Å². The van der Waals surface area contributed by atoms with Gasteiger partial charge in [0.25, 0.3) is 11.1 Å². The third kappa shape index (κ3) is 4.28. The second kappa shape index (κ2) is 8.79. The van der Waals surface area contributed by atoms with Crippen LogP contribution in [0.15, 0.2) is 35.2 Å². The van der Waals surface area contributed by atoms with Crippen molar-refractivity contribution in [1.29, 1.82) is 0 Å². The molecular weight excluding hydrogens is 402 g/mol. The summed E-state index contributed by atoms with van der Waals surface area (Å²) in [4.78, 5) is 39.8. The maximum atomic E-state index is 12.6. The van der Waals surface area contributed by atoms with Crippen LogP contribution in [0, 0.1) is 13.8 Å². The van der Waals surface area contributed by atoms with Crippen LogP contribution in [-0.2, 0) is 14.3 Å². The van der Waals surface area contributed by atoms with Crippen LogP contribution in [0.1, 0.15) is 23.9 Å². The number of imide groups is 1. The van der Waals surface area contributed by atoms with Gasteiger partial charge >= 0.3 is 5.97 Å². The maximum Gasteiger partial charge on any atom is 0.326 e. The number of carbonyl (C=O) groups is 3. The van der Waals surface area contributed by atoms with Gasteiger partial charge in [-0.1, -0.05) is 0 Å². The number of nitrogens with zero attached hydrogens (tertiary/aromatic N) is 3. The Kier molecular flexibility index (Phi) is 6.36. The minimum Gasteiger partial charge on any atom is -0.465 e. The van der Waals surface area contributed by atoms with E-state index in [1.165, 1.54) is 0 Å². The van der Waals surface area contributed by atoms with Crippen LogP contribution in [0.25, 0.3) is 11.8 Å². The SMILES string of the molecule is CCOC(=O)CN1C(=O)S/C(=C/c2cc(C)n(-c3ccc(N(C)C)cc3)c2C)C1=O. The van der Waals surface area contributed by atoms with E-state index in [1.54, 1.807) is 13.0 Å². The molecule has 2 amide bonds. The summed E-state index contributed by atoms with van der Waals surface area (Å²) >= 11 is 0.837. The van der Waals surface area contributed by atoms with Crippen molar-refractivity contribution in [2.75, 3.05) is 32.1 Å². The van der Waals surface area contributed by atoms with E-state index in [2.05, 4.69) is 16.7 Å². The van der Waals surface area contributed by atoms with Crippen LogP contribution < -0.4 is 4.90 Å². The number of aryl methyl sites for hydroxylation is 1. The van der Waals surface area contributed by atoms with Crippen molar-refractivity contribution in [2.45, 2.75) is 20.8 Å². The van der Waals surface area contributed by atoms with Gasteiger partial charge in [0.05, 0.1) is 11.5 Å². The lowest BCUT2D eigenvalue weighted by Gasteiger charge is -2.15. The zero-order valence-corrected chi connectivity index (χ0v) is 18.6. The number of aromatic nitrogens is 1. The molecule has 0 radical (unpaired) electrons. The largest absolute Gasteiger partial charge is 0.465 e. The molecule has 0 atom stereocenters. The van der Waals surface area contributed by atoms with Gasteiger partial charge in [-0.05, 0) is 74.5 Å². The van der Waals surface area contributed by atoms with Gasteiger partial charge in [0.2, 0.25) is 0 Å². The van der Waals surface area contributed by atoms with Gasteiger partial charge in [-0.25, -0.2) is 0 Å². The summed E-state index contributed by atoms with van der Waals surface area (Å²) in [6.07, 6.45) is 1.71. The molecule has 1 saturated heterocycles. The first-order valence-electron chi connectivity index (χ1n) is 9.60. The Morgan fingerprint density at radius 2 is 1.83 bits per heavy atom. The summed E-state index contributed by atoms with van der Waals surface area (Å²) in [6, 6.07) is 10.2. The molecule has 0 spiro atoms. The van der Waals surface area contributed by atoms with Gasteiger partial charge < -0.3 is 14.2 Å². The quantitative estimate of drug-likeness (QED) is 0.516. The summed E-state index contributed by atoms with van der Waals surface area (Å²) in [5, 5.41) is -0.465. The summed E-state index contributed by atoms with van der Waals surface area (Å²) in [7, 11) is 3.99. The first-order chi connectivity index (χ1) is 14.2. The van der Waals surface area contributed by atoms with E-state index in [0.29, 0.717) is 4.91 Å². The highest BCUT2D eigenvalue weighted by Gasteiger charge is 2.36. The molecule has 1 aliphatic heterocycles. The standard InChI is InChI=1S/C22H25N3O4S/c1-6-29-20(26)13-24-21(27)19(30-22(24)28)12-16-11-14(2)25(15(16)3)18-9-7-17(8-10-18)23(4)5/h7-12H,6,13H2,1-5H3/b19-12+. The number of carbonyl (C=O) groups excluding carboxylic acids is 3. The molecule has 7 nitrogen and oxygen atoms in total. The Bertz CT molecular complexity index is 1020. The number of benzene rings is 1. The molecule has 3 rings (SSSR count). The van der Waals surface area contributed by atoms with Crippen LogP contribution in [0.3, 0.4) is 0 Å². The number of anilines is 1. The van der Waals surface area contributed by atoms with Gasteiger partial charge in [0.15, 0.2) is 0 Å². The molecule has 8 heteroatoms. The lowest BCUT2D eigenvalue weighted by molar-refractivity contribution is -0.145. The molecule has 0 saturated carbocycles. The fraction of sp³-hybridized carbons (Fsp3) is 0.318. The Morgan fingerprint density at radius 1 is 1.17 bits per heavy atom. The monoisotopic (exact) mass is 427 g/mol. The van der Waals surface area contributed by atoms with E-state index in [1.807, 2.05) is 51.0 Å². The first-order valence-corrected chi connectivity index (χ1v) is 10.4. The number of esters is 1. The minimum atomic E-state index is -0.597. The predicted molar refractivity (Wildman–Crippen MR) is 119 cm³/mol. The van der Waals surface area contributed by atoms with Crippen LogP contribution in [0.4, 0.5) is 10.5 Å². The smallest absolute Gasteiger partial charge is 0.326 e. The van der Waals surface area contributed by atoms with Gasteiger partial charge in [-0.2, -0.15) is 0 Å². The maximum absolute atomic E-state index is 12.6. The lowest BCUT2D eigenvalue weighted by atomic mass is 10.2. The summed E-state index contributed by atoms with van der Waals surface area (Å²) in [5.74, 6) is -1.07. The zero-order chi connectivity index (χ0) is 22.0. The summed E-state index contributed by atoms with van der Waals surface area (Å²) in [6.45, 7) is 5.48. The van der Waals surface area contributed by atoms with Crippen LogP contribution in [0.5, 0.6) is 0 Å². The second-order valence-electron chi connectivity index (χ2n) is 7.15. The van der Waals surface area contributed by atoms with Crippen molar-refractivity contribution in [3.8, 4) is 5.69 Å². The van der Waals surface area contributed by atoms with Gasteiger partial charge in [0, 0.05) is 36.9 Å². The minimum absolute atomic E-state index is 0.201. The average Bonchev–Trinajstić information content (AvgIpc) is 3.12. The van der Waals surface area contributed by atoms with Gasteiger partial charge in [-0.15, -0.1) is 0 Å². The number of amides is 2. The second-order valence-corrected chi connectivity index (χ2v) is 8.14. The third-order valence-electron chi connectivity index (χ3n) is 4.85. The fourth-order valence-corrected chi connectivity index (χ4v) is 4.17. The third-order valence-corrected chi connectivity index (χ3v) is 5.75. The molecule has 0 aliphatic carbocycles. The summed E-state index contributed by atoms with van der Waals surface area (Å²) < 4.78 is 6.95. The van der Waals surface area contributed by atoms with E-state index < -0.39 is 17.1 Å². The van der Waals surface area contributed by atoms with Crippen LogP contribution >= 0.6 is 11.8 Å². The Labute approximate surface area is 180 Å². The Balaban J connectivity index is 1.88. The molecule has 0 bridgehead atoms. The van der Waals surface area contributed by atoms with E-state index in [0.717, 1.165) is 45.0 Å². The molecular formula is C22H25N3O4S. The van der Waals surface area contributed by atoms with Gasteiger partial charge in [-0.3, -0.25) is 19.3 Å². The number of hydrogen-bond donors (Lipinski definition) is 0. The Hall–Kier alpha value is -3.00. The topological polar surface area (TPSA) is 71.8 Å². The molecule has 30 heavy (non-hydrogen) atoms. The van der Waals surface area contributed by atoms with Crippen molar-refractivity contribution in [1.82, 2.24) is 9.47 Å². The molecule has 0 unspecified atom stereocenters. The first kappa shape index (κ1) is 21.7. The predicted octanol–water partition coefficient (Wildman–Crippen LogP) is 3.76. The molecule has 2 heterocycles. The zero-order valence-electron chi connectivity index (χ0n) is 17.8. The van der Waals surface area contributed by atoms with Crippen molar-refractivity contribution >= 4 is 40.6 Å². The van der Waals surface area contributed by atoms with Crippen molar-refractivity contribution < 1.29 is 19.1 Å². The fourth-order valence-electron chi connectivity index (χ4n) is 3.34. The Morgan fingerprint density at radius 3 is 2.43 bits per heavy atom. The number of rotatable bonds is 6. The highest BCUT2D eigenvalue weighted by atomic mass is 32.2. The van der Waals surface area contributed by atoms with E-state index in [-0.39, 0.29) is 13.2 Å². The molecule has 0 N–H and O–H groups in total. The summed E-state index contributed by atoms with van der Waals surface area (Å²) in [5.41, 5.74) is 4.96. The number of hydrogen-bond acceptors (Lipinski definition) is 6. The van der Waals surface area contributed by atoms with E-state index >= 15 is 0 Å². The van der Waals surface area contributed by atoms with Crippen molar-refractivity contribution in [2.24, 2.45) is 0 Å². The molecule has 158 valence electrons. The number of ether oxygens (including phenoxy) is 1. The molecule has 1 aromatic carbocycles. The average molecular weight is 428 g/mol.